The van der Waals surface area contributed by atoms with Crippen LogP contribution in [0.2, 0.25) is 0 Å². The number of aryl methyl sites for hydroxylation is 1. The van der Waals surface area contributed by atoms with Crippen LogP contribution in [-0.4, -0.2) is 0 Å². The zero-order valence-corrected chi connectivity index (χ0v) is 10.4. The van der Waals surface area contributed by atoms with Crippen molar-refractivity contribution in [1.82, 2.24) is 0 Å². The van der Waals surface area contributed by atoms with Crippen LogP contribution in [0.3, 0.4) is 0 Å². The van der Waals surface area contributed by atoms with Gasteiger partial charge in [-0.3, -0.25) is 0 Å². The molecule has 0 aliphatic heterocycles. The second kappa shape index (κ2) is 3.23. The first-order valence-corrected chi connectivity index (χ1v) is 5.91. The van der Waals surface area contributed by atoms with Crippen LogP contribution in [0.25, 0.3) is 21.9 Å². The van der Waals surface area contributed by atoms with Gasteiger partial charge in [-0.2, -0.15) is 0 Å². The molecule has 3 rings (SSSR count). The quantitative estimate of drug-likeness (QED) is 0.557. The van der Waals surface area contributed by atoms with Gasteiger partial charge in [0.25, 0.3) is 0 Å². The van der Waals surface area contributed by atoms with E-state index in [1.54, 1.807) is 0 Å². The van der Waals surface area contributed by atoms with E-state index in [1.807, 2.05) is 12.1 Å². The van der Waals surface area contributed by atoms with Crippen molar-refractivity contribution < 1.29 is 4.42 Å². The number of hydrogen-bond acceptors (Lipinski definition) is 1. The average molecular weight is 308 g/mol. The number of halogens is 1. The smallest absolute Gasteiger partial charge is 0.136 e. The molecule has 2 aromatic carbocycles. The predicted molar refractivity (Wildman–Crippen MR) is 71.2 cm³/mol. The molecule has 1 aromatic heterocycles. The van der Waals surface area contributed by atoms with Crippen LogP contribution in [0.5, 0.6) is 0 Å². The highest BCUT2D eigenvalue weighted by atomic mass is 127. The van der Waals surface area contributed by atoms with E-state index in [0.717, 1.165) is 11.2 Å². The van der Waals surface area contributed by atoms with E-state index in [0.29, 0.717) is 0 Å². The fraction of sp³-hybridized carbons (Fsp3) is 0.0769. The van der Waals surface area contributed by atoms with Gasteiger partial charge < -0.3 is 4.42 Å². The Morgan fingerprint density at radius 2 is 1.93 bits per heavy atom. The van der Waals surface area contributed by atoms with Crippen LogP contribution in [0.15, 0.2) is 40.8 Å². The van der Waals surface area contributed by atoms with Gasteiger partial charge in [0.05, 0.1) is 0 Å². The maximum atomic E-state index is 5.81. The molecule has 1 nitrogen and oxygen atoms in total. The molecule has 0 saturated heterocycles. The number of hydrogen-bond donors (Lipinski definition) is 0. The van der Waals surface area contributed by atoms with Gasteiger partial charge >= 0.3 is 0 Å². The molecule has 0 aliphatic carbocycles. The lowest BCUT2D eigenvalue weighted by Gasteiger charge is -1.93. The molecule has 74 valence electrons. The second-order valence-electron chi connectivity index (χ2n) is 3.71. The topological polar surface area (TPSA) is 13.1 Å². The van der Waals surface area contributed by atoms with Crippen molar-refractivity contribution in [2.24, 2.45) is 0 Å². The summed E-state index contributed by atoms with van der Waals surface area (Å²) in [7, 11) is 0. The van der Waals surface area contributed by atoms with Crippen LogP contribution in [-0.2, 0) is 0 Å². The SMILES string of the molecule is Cc1ccc2c(c1)oc1cccc(I)c12. The summed E-state index contributed by atoms with van der Waals surface area (Å²) < 4.78 is 7.05. The summed E-state index contributed by atoms with van der Waals surface area (Å²) in [5.41, 5.74) is 3.19. The van der Waals surface area contributed by atoms with Crippen LogP contribution >= 0.6 is 22.6 Å². The summed E-state index contributed by atoms with van der Waals surface area (Å²) in [6, 6.07) is 12.5. The molecule has 0 spiro atoms. The third-order valence-electron chi connectivity index (χ3n) is 2.60. The van der Waals surface area contributed by atoms with Crippen molar-refractivity contribution in [3.63, 3.8) is 0 Å². The van der Waals surface area contributed by atoms with Crippen LogP contribution in [0.1, 0.15) is 5.56 Å². The molecular formula is C13H9IO. The van der Waals surface area contributed by atoms with Crippen molar-refractivity contribution in [2.75, 3.05) is 0 Å². The molecule has 0 radical (unpaired) electrons. The monoisotopic (exact) mass is 308 g/mol. The Balaban J connectivity index is 2.59. The number of rotatable bonds is 0. The Kier molecular flexibility index (Phi) is 1.99. The van der Waals surface area contributed by atoms with Gasteiger partial charge in [0.1, 0.15) is 11.2 Å². The lowest BCUT2D eigenvalue weighted by atomic mass is 10.1. The van der Waals surface area contributed by atoms with Crippen molar-refractivity contribution in [3.8, 4) is 0 Å². The van der Waals surface area contributed by atoms with Crippen LogP contribution < -0.4 is 0 Å². The van der Waals surface area contributed by atoms with Gasteiger partial charge in [-0.1, -0.05) is 18.2 Å². The summed E-state index contributed by atoms with van der Waals surface area (Å²) in [5.74, 6) is 0. The number of furan rings is 1. The Bertz CT molecular complexity index is 652. The highest BCUT2D eigenvalue weighted by Gasteiger charge is 2.08. The molecule has 2 heteroatoms. The van der Waals surface area contributed by atoms with E-state index >= 15 is 0 Å². The van der Waals surface area contributed by atoms with Gasteiger partial charge in [0.2, 0.25) is 0 Å². The standard InChI is InChI=1S/C13H9IO/c1-8-5-6-9-12(7-8)15-11-4-2-3-10(14)13(9)11/h2-7H,1H3. The van der Waals surface area contributed by atoms with E-state index in [2.05, 4.69) is 53.8 Å². The summed E-state index contributed by atoms with van der Waals surface area (Å²) in [6.45, 7) is 2.08. The Labute approximate surface area is 101 Å². The summed E-state index contributed by atoms with van der Waals surface area (Å²) in [4.78, 5) is 0. The third-order valence-corrected chi connectivity index (χ3v) is 3.50. The fourth-order valence-corrected chi connectivity index (χ4v) is 2.65. The highest BCUT2D eigenvalue weighted by molar-refractivity contribution is 14.1. The maximum Gasteiger partial charge on any atom is 0.136 e. The first-order chi connectivity index (χ1) is 7.25. The fourth-order valence-electron chi connectivity index (χ4n) is 1.89. The zero-order valence-electron chi connectivity index (χ0n) is 8.25. The highest BCUT2D eigenvalue weighted by Crippen LogP contribution is 2.32. The molecule has 0 N–H and O–H groups in total. The molecule has 0 bridgehead atoms. The predicted octanol–water partition coefficient (Wildman–Crippen LogP) is 4.50. The van der Waals surface area contributed by atoms with E-state index in [4.69, 9.17) is 4.42 Å². The molecule has 0 unspecified atom stereocenters. The lowest BCUT2D eigenvalue weighted by molar-refractivity contribution is 0.668. The average Bonchev–Trinajstić information content (AvgIpc) is 2.56. The minimum Gasteiger partial charge on any atom is -0.456 e. The van der Waals surface area contributed by atoms with Gasteiger partial charge in [0, 0.05) is 14.3 Å². The minimum absolute atomic E-state index is 0.975. The van der Waals surface area contributed by atoms with E-state index in [9.17, 15) is 0 Å². The van der Waals surface area contributed by atoms with Crippen molar-refractivity contribution in [2.45, 2.75) is 6.92 Å². The molecule has 1 heterocycles. The van der Waals surface area contributed by atoms with E-state index in [-0.39, 0.29) is 0 Å². The lowest BCUT2D eigenvalue weighted by Crippen LogP contribution is -1.73. The van der Waals surface area contributed by atoms with Crippen molar-refractivity contribution in [1.29, 1.82) is 0 Å². The van der Waals surface area contributed by atoms with Crippen molar-refractivity contribution in [3.05, 3.63) is 45.5 Å². The number of fused-ring (bicyclic) bond motifs is 3. The molecule has 3 aromatic rings. The van der Waals surface area contributed by atoms with Gasteiger partial charge in [-0.25, -0.2) is 0 Å². The molecule has 0 amide bonds. The molecule has 15 heavy (non-hydrogen) atoms. The van der Waals surface area contributed by atoms with Gasteiger partial charge in [0.15, 0.2) is 0 Å². The summed E-state index contributed by atoms with van der Waals surface area (Å²) in [5, 5.41) is 2.44. The molecule has 0 fully saturated rings. The van der Waals surface area contributed by atoms with Crippen LogP contribution in [0.4, 0.5) is 0 Å². The molecule has 0 aliphatic rings. The van der Waals surface area contributed by atoms with Gasteiger partial charge in [-0.15, -0.1) is 0 Å². The first kappa shape index (κ1) is 9.21. The summed E-state index contributed by atoms with van der Waals surface area (Å²) >= 11 is 2.35. The zero-order chi connectivity index (χ0) is 10.4. The molecular weight excluding hydrogens is 299 g/mol. The normalized spacial score (nSPS) is 11.3. The maximum absolute atomic E-state index is 5.81. The minimum atomic E-state index is 0.975. The van der Waals surface area contributed by atoms with E-state index in [1.165, 1.54) is 19.9 Å². The Morgan fingerprint density at radius 3 is 2.80 bits per heavy atom. The Hall–Kier alpha value is -1.03. The van der Waals surface area contributed by atoms with E-state index < -0.39 is 0 Å². The molecule has 0 saturated carbocycles. The first-order valence-electron chi connectivity index (χ1n) is 4.83. The third kappa shape index (κ3) is 1.35. The van der Waals surface area contributed by atoms with Crippen molar-refractivity contribution >= 4 is 44.5 Å². The van der Waals surface area contributed by atoms with Crippen LogP contribution in [0, 0.1) is 10.5 Å². The molecule has 0 atom stereocenters. The second-order valence-corrected chi connectivity index (χ2v) is 4.88. The summed E-state index contributed by atoms with van der Waals surface area (Å²) in [6.07, 6.45) is 0. The Morgan fingerprint density at radius 1 is 1.07 bits per heavy atom. The largest absolute Gasteiger partial charge is 0.456 e. The number of benzene rings is 2. The van der Waals surface area contributed by atoms with Gasteiger partial charge in [-0.05, 0) is 53.3 Å².